The summed E-state index contributed by atoms with van der Waals surface area (Å²) in [6, 6.07) is 16.1. The molecule has 8 heteroatoms. The Kier molecular flexibility index (Phi) is 4.67. The average molecular weight is 394 g/mol. The van der Waals surface area contributed by atoms with Gasteiger partial charge in [0.1, 0.15) is 5.75 Å². The highest BCUT2D eigenvalue weighted by Gasteiger charge is 2.17. The summed E-state index contributed by atoms with van der Waals surface area (Å²) in [4.78, 5) is 21.2. The maximum absolute atomic E-state index is 12.7. The van der Waals surface area contributed by atoms with E-state index in [9.17, 15) is 4.79 Å². The number of para-hydroxylation sites is 1. The van der Waals surface area contributed by atoms with E-state index in [1.54, 1.807) is 18.2 Å². The van der Waals surface area contributed by atoms with Gasteiger partial charge in [0.2, 0.25) is 5.82 Å². The van der Waals surface area contributed by atoms with Gasteiger partial charge in [0.25, 0.3) is 11.7 Å². The second-order valence-electron chi connectivity index (χ2n) is 6.20. The number of rotatable bonds is 4. The molecule has 0 fully saturated rings. The summed E-state index contributed by atoms with van der Waals surface area (Å²) in [5.41, 5.74) is 2.06. The van der Waals surface area contributed by atoms with Crippen LogP contribution in [0.25, 0.3) is 5.78 Å². The van der Waals surface area contributed by atoms with Crippen molar-refractivity contribution in [3.63, 3.8) is 0 Å². The van der Waals surface area contributed by atoms with Gasteiger partial charge in [-0.3, -0.25) is 4.79 Å². The standard InChI is InChI=1S/C20H16ClN5O2/c1-12-10-13(2)26-20(22-12)24-18(25-26)19(27)23-16-11-14(21)8-9-17(16)28-15-6-4-3-5-7-15/h3-11H,1-2H3,(H,23,27). The summed E-state index contributed by atoms with van der Waals surface area (Å²) in [7, 11) is 0. The molecule has 0 bridgehead atoms. The molecule has 0 radical (unpaired) electrons. The van der Waals surface area contributed by atoms with Crippen LogP contribution in [0.15, 0.2) is 54.6 Å². The molecular weight excluding hydrogens is 378 g/mol. The second kappa shape index (κ2) is 7.28. The highest BCUT2D eigenvalue weighted by Crippen LogP contribution is 2.32. The molecule has 2 aromatic carbocycles. The number of aryl methyl sites for hydroxylation is 2. The summed E-state index contributed by atoms with van der Waals surface area (Å²) in [5.74, 6) is 0.989. The van der Waals surface area contributed by atoms with E-state index >= 15 is 0 Å². The minimum atomic E-state index is -0.484. The van der Waals surface area contributed by atoms with Gasteiger partial charge in [0.05, 0.1) is 5.69 Å². The van der Waals surface area contributed by atoms with E-state index in [2.05, 4.69) is 20.4 Å². The fourth-order valence-corrected chi connectivity index (χ4v) is 2.92. The first kappa shape index (κ1) is 17.9. The lowest BCUT2D eigenvalue weighted by Gasteiger charge is -2.12. The van der Waals surface area contributed by atoms with E-state index < -0.39 is 5.91 Å². The first-order valence-corrected chi connectivity index (χ1v) is 8.92. The van der Waals surface area contributed by atoms with Crippen LogP contribution < -0.4 is 10.1 Å². The summed E-state index contributed by atoms with van der Waals surface area (Å²) in [6.45, 7) is 3.74. The predicted octanol–water partition coefficient (Wildman–Crippen LogP) is 4.44. The van der Waals surface area contributed by atoms with Crippen LogP contribution in [0.2, 0.25) is 5.02 Å². The van der Waals surface area contributed by atoms with Gasteiger partial charge in [-0.1, -0.05) is 29.8 Å². The van der Waals surface area contributed by atoms with Gasteiger partial charge in [-0.2, -0.15) is 4.98 Å². The Morgan fingerprint density at radius 2 is 1.86 bits per heavy atom. The molecule has 7 nitrogen and oxygen atoms in total. The molecule has 0 spiro atoms. The minimum Gasteiger partial charge on any atom is -0.455 e. The number of nitrogens with one attached hydrogen (secondary N) is 1. The topological polar surface area (TPSA) is 81.4 Å². The molecule has 1 amide bonds. The van der Waals surface area contributed by atoms with E-state index in [1.165, 1.54) is 4.52 Å². The molecule has 2 heterocycles. The highest BCUT2D eigenvalue weighted by molar-refractivity contribution is 6.31. The van der Waals surface area contributed by atoms with Crippen LogP contribution in [0.4, 0.5) is 5.69 Å². The summed E-state index contributed by atoms with van der Waals surface area (Å²) >= 11 is 6.10. The average Bonchev–Trinajstić information content (AvgIpc) is 3.09. The van der Waals surface area contributed by atoms with Crippen LogP contribution in [0.5, 0.6) is 11.5 Å². The number of hydrogen-bond acceptors (Lipinski definition) is 5. The van der Waals surface area contributed by atoms with Crippen LogP contribution in [-0.2, 0) is 0 Å². The van der Waals surface area contributed by atoms with Gasteiger partial charge in [-0.05, 0) is 50.2 Å². The minimum absolute atomic E-state index is 0.00633. The SMILES string of the molecule is Cc1cc(C)n2nc(C(=O)Nc3cc(Cl)ccc3Oc3ccccc3)nc2n1. The fourth-order valence-electron chi connectivity index (χ4n) is 2.75. The molecule has 0 saturated carbocycles. The van der Waals surface area contributed by atoms with Gasteiger partial charge in [0, 0.05) is 16.4 Å². The molecule has 0 aliphatic rings. The summed E-state index contributed by atoms with van der Waals surface area (Å²) in [6.07, 6.45) is 0. The van der Waals surface area contributed by atoms with Crippen LogP contribution in [-0.4, -0.2) is 25.5 Å². The van der Waals surface area contributed by atoms with E-state index in [4.69, 9.17) is 16.3 Å². The Morgan fingerprint density at radius 3 is 2.64 bits per heavy atom. The number of anilines is 1. The Balaban J connectivity index is 1.64. The van der Waals surface area contributed by atoms with Crippen molar-refractivity contribution >= 4 is 29.0 Å². The van der Waals surface area contributed by atoms with Gasteiger partial charge in [-0.25, -0.2) is 9.50 Å². The van der Waals surface area contributed by atoms with Crippen molar-refractivity contribution in [3.05, 3.63) is 76.8 Å². The Labute approximate surface area is 166 Å². The molecule has 0 unspecified atom stereocenters. The first-order valence-electron chi connectivity index (χ1n) is 8.54. The predicted molar refractivity (Wildman–Crippen MR) is 106 cm³/mol. The molecule has 1 N–H and O–H groups in total. The Hall–Kier alpha value is -3.45. The normalized spacial score (nSPS) is 10.8. The van der Waals surface area contributed by atoms with E-state index in [0.717, 1.165) is 11.4 Å². The van der Waals surface area contributed by atoms with Crippen LogP contribution in [0.3, 0.4) is 0 Å². The largest absolute Gasteiger partial charge is 0.455 e. The highest BCUT2D eigenvalue weighted by atomic mass is 35.5. The number of carbonyl (C=O) groups is 1. The molecule has 0 aliphatic carbocycles. The second-order valence-corrected chi connectivity index (χ2v) is 6.63. The van der Waals surface area contributed by atoms with E-state index in [0.29, 0.717) is 28.0 Å². The molecule has 0 atom stereocenters. The third-order valence-electron chi connectivity index (χ3n) is 3.98. The first-order chi connectivity index (χ1) is 13.5. The smallest absolute Gasteiger partial charge is 0.295 e. The Bertz CT molecular complexity index is 1170. The number of aromatic nitrogens is 4. The molecule has 4 rings (SSSR count). The zero-order chi connectivity index (χ0) is 19.7. The maximum Gasteiger partial charge on any atom is 0.295 e. The number of fused-ring (bicyclic) bond motifs is 1. The van der Waals surface area contributed by atoms with E-state index in [-0.39, 0.29) is 5.82 Å². The molecule has 140 valence electrons. The van der Waals surface area contributed by atoms with E-state index in [1.807, 2.05) is 50.2 Å². The summed E-state index contributed by atoms with van der Waals surface area (Å²) in [5, 5.41) is 7.48. The maximum atomic E-state index is 12.7. The molecule has 0 saturated heterocycles. The van der Waals surface area contributed by atoms with Crippen LogP contribution in [0.1, 0.15) is 22.0 Å². The lowest BCUT2D eigenvalue weighted by Crippen LogP contribution is -2.14. The van der Waals surface area contributed by atoms with Gasteiger partial charge >= 0.3 is 0 Å². The third kappa shape index (κ3) is 3.65. The van der Waals surface area contributed by atoms with Crippen molar-refractivity contribution in [2.45, 2.75) is 13.8 Å². The number of amides is 1. The van der Waals surface area contributed by atoms with Gasteiger partial charge in [-0.15, -0.1) is 5.10 Å². The number of ether oxygens (including phenoxy) is 1. The van der Waals surface area contributed by atoms with Gasteiger partial charge in [0.15, 0.2) is 5.75 Å². The zero-order valence-electron chi connectivity index (χ0n) is 15.2. The van der Waals surface area contributed by atoms with Crippen molar-refractivity contribution in [2.75, 3.05) is 5.32 Å². The molecule has 28 heavy (non-hydrogen) atoms. The monoisotopic (exact) mass is 393 g/mol. The van der Waals surface area contributed by atoms with Crippen molar-refractivity contribution < 1.29 is 9.53 Å². The van der Waals surface area contributed by atoms with Crippen LogP contribution >= 0.6 is 11.6 Å². The lowest BCUT2D eigenvalue weighted by atomic mass is 10.2. The number of benzene rings is 2. The van der Waals surface area contributed by atoms with Crippen molar-refractivity contribution in [1.29, 1.82) is 0 Å². The zero-order valence-corrected chi connectivity index (χ0v) is 15.9. The number of carbonyl (C=O) groups excluding carboxylic acids is 1. The van der Waals surface area contributed by atoms with Crippen molar-refractivity contribution in [2.24, 2.45) is 0 Å². The van der Waals surface area contributed by atoms with Crippen molar-refractivity contribution in [3.8, 4) is 11.5 Å². The Morgan fingerprint density at radius 1 is 1.07 bits per heavy atom. The lowest BCUT2D eigenvalue weighted by molar-refractivity contribution is 0.101. The molecule has 2 aromatic heterocycles. The van der Waals surface area contributed by atoms with Crippen molar-refractivity contribution in [1.82, 2.24) is 19.6 Å². The quantitative estimate of drug-likeness (QED) is 0.554. The molecule has 4 aromatic rings. The molecular formula is C20H16ClN5O2. The summed E-state index contributed by atoms with van der Waals surface area (Å²) < 4.78 is 7.39. The number of hydrogen-bond donors (Lipinski definition) is 1. The molecule has 0 aliphatic heterocycles. The third-order valence-corrected chi connectivity index (χ3v) is 4.22. The fraction of sp³-hybridized carbons (Fsp3) is 0.100. The van der Waals surface area contributed by atoms with Crippen LogP contribution in [0, 0.1) is 13.8 Å². The van der Waals surface area contributed by atoms with Gasteiger partial charge < -0.3 is 10.1 Å². The number of nitrogens with zero attached hydrogens (tertiary/aromatic N) is 4. The number of halogens is 1.